The van der Waals surface area contributed by atoms with Gasteiger partial charge in [-0.15, -0.1) is 0 Å². The maximum Gasteiger partial charge on any atom is 0.337 e. The maximum atomic E-state index is 12.5. The molecule has 1 heterocycles. The first-order valence-electron chi connectivity index (χ1n) is 6.09. The summed E-state index contributed by atoms with van der Waals surface area (Å²) < 4.78 is 27.8. The van der Waals surface area contributed by atoms with Crippen LogP contribution in [0.25, 0.3) is 0 Å². The number of rotatable bonds is 5. The van der Waals surface area contributed by atoms with E-state index in [1.807, 2.05) is 0 Å². The molecule has 8 heteroatoms. The zero-order valence-corrected chi connectivity index (χ0v) is 12.4. The fourth-order valence-corrected chi connectivity index (χ4v) is 3.17. The molecule has 21 heavy (non-hydrogen) atoms. The van der Waals surface area contributed by atoms with E-state index in [-0.39, 0.29) is 17.0 Å². The second-order valence-electron chi connectivity index (χ2n) is 4.52. The van der Waals surface area contributed by atoms with Crippen molar-refractivity contribution in [2.75, 3.05) is 7.05 Å². The molecule has 0 aliphatic heterocycles. The van der Waals surface area contributed by atoms with Gasteiger partial charge in [0.05, 0.1) is 17.0 Å². The van der Waals surface area contributed by atoms with Crippen molar-refractivity contribution in [3.63, 3.8) is 0 Å². The van der Waals surface area contributed by atoms with Gasteiger partial charge in [-0.3, -0.25) is 0 Å². The number of carboxylic acid groups (broad SMARTS) is 1. The fraction of sp³-hybridized carbons (Fsp3) is 0.231. The van der Waals surface area contributed by atoms with Crippen LogP contribution in [-0.4, -0.2) is 40.4 Å². The molecule has 0 saturated heterocycles. The minimum Gasteiger partial charge on any atom is -0.478 e. The highest BCUT2D eigenvalue weighted by Gasteiger charge is 2.26. The topological polar surface area (TPSA) is 92.5 Å². The summed E-state index contributed by atoms with van der Waals surface area (Å²) >= 11 is 0. The highest BCUT2D eigenvalue weighted by molar-refractivity contribution is 7.89. The zero-order valence-electron chi connectivity index (χ0n) is 11.6. The Balaban J connectivity index is 2.38. The second kappa shape index (κ2) is 5.66. The Morgan fingerprint density at radius 3 is 2.62 bits per heavy atom. The van der Waals surface area contributed by atoms with Crippen molar-refractivity contribution in [2.45, 2.75) is 11.4 Å². The Labute approximate surface area is 122 Å². The molecule has 0 unspecified atom stereocenters. The molecule has 7 nitrogen and oxygen atoms in total. The Morgan fingerprint density at radius 1 is 1.38 bits per heavy atom. The van der Waals surface area contributed by atoms with Crippen molar-refractivity contribution in [2.24, 2.45) is 7.05 Å². The van der Waals surface area contributed by atoms with Gasteiger partial charge in [-0.25, -0.2) is 18.2 Å². The van der Waals surface area contributed by atoms with E-state index >= 15 is 0 Å². The number of nitrogens with zero attached hydrogens (tertiary/aromatic N) is 3. The molecule has 2 rings (SSSR count). The summed E-state index contributed by atoms with van der Waals surface area (Å²) in [5.41, 5.74) is -0.246. The molecule has 0 saturated carbocycles. The van der Waals surface area contributed by atoms with E-state index in [1.165, 1.54) is 31.3 Å². The number of sulfonamides is 1. The number of imidazole rings is 1. The van der Waals surface area contributed by atoms with Crippen LogP contribution in [0.5, 0.6) is 0 Å². The normalized spacial score (nSPS) is 11.8. The van der Waals surface area contributed by atoms with E-state index < -0.39 is 16.0 Å². The average molecular weight is 309 g/mol. The molecule has 0 fully saturated rings. The quantitative estimate of drug-likeness (QED) is 0.887. The number of benzene rings is 1. The first-order chi connectivity index (χ1) is 9.84. The van der Waals surface area contributed by atoms with Crippen molar-refractivity contribution < 1.29 is 18.3 Å². The van der Waals surface area contributed by atoms with Gasteiger partial charge in [-0.05, 0) is 12.1 Å². The highest BCUT2D eigenvalue weighted by atomic mass is 32.2. The molecule has 0 radical (unpaired) electrons. The lowest BCUT2D eigenvalue weighted by atomic mass is 10.2. The number of aromatic nitrogens is 2. The first kappa shape index (κ1) is 15.2. The minimum atomic E-state index is -3.91. The number of aryl methyl sites for hydroxylation is 1. The molecule has 0 spiro atoms. The number of carbonyl (C=O) groups is 1. The van der Waals surface area contributed by atoms with Crippen LogP contribution in [0.2, 0.25) is 0 Å². The number of aromatic carboxylic acids is 1. The third-order valence-corrected chi connectivity index (χ3v) is 4.95. The Hall–Kier alpha value is -2.19. The van der Waals surface area contributed by atoms with Crippen molar-refractivity contribution in [3.05, 3.63) is 48.0 Å². The molecule has 1 aromatic heterocycles. The molecule has 2 aromatic rings. The van der Waals surface area contributed by atoms with Gasteiger partial charge in [0.15, 0.2) is 0 Å². The van der Waals surface area contributed by atoms with Crippen LogP contribution in [0.4, 0.5) is 0 Å². The van der Waals surface area contributed by atoms with E-state index in [0.717, 1.165) is 4.31 Å². The van der Waals surface area contributed by atoms with E-state index in [9.17, 15) is 13.2 Å². The SMILES string of the molecule is CN(Cc1nccn1C)S(=O)(=O)c1ccccc1C(=O)O. The summed E-state index contributed by atoms with van der Waals surface area (Å²) in [6, 6.07) is 5.53. The number of carboxylic acids is 1. The van der Waals surface area contributed by atoms with Crippen molar-refractivity contribution in [1.29, 1.82) is 0 Å². The van der Waals surface area contributed by atoms with Gasteiger partial charge in [0.2, 0.25) is 10.0 Å². The fourth-order valence-electron chi connectivity index (χ4n) is 1.87. The maximum absolute atomic E-state index is 12.5. The van der Waals surface area contributed by atoms with Gasteiger partial charge in [-0.1, -0.05) is 12.1 Å². The molecule has 0 atom stereocenters. The summed E-state index contributed by atoms with van der Waals surface area (Å²) in [6.45, 7) is 0.0553. The second-order valence-corrected chi connectivity index (χ2v) is 6.53. The molecule has 0 amide bonds. The van der Waals surface area contributed by atoms with Crippen molar-refractivity contribution >= 4 is 16.0 Å². The Kier molecular flexibility index (Phi) is 4.10. The Morgan fingerprint density at radius 2 is 2.05 bits per heavy atom. The lowest BCUT2D eigenvalue weighted by molar-refractivity contribution is 0.0692. The molecule has 0 aliphatic rings. The van der Waals surface area contributed by atoms with Crippen LogP contribution in [0, 0.1) is 0 Å². The van der Waals surface area contributed by atoms with Crippen molar-refractivity contribution in [3.8, 4) is 0 Å². The lowest BCUT2D eigenvalue weighted by Crippen LogP contribution is -2.29. The Bertz CT molecular complexity index is 767. The molecule has 112 valence electrons. The van der Waals surface area contributed by atoms with Crippen molar-refractivity contribution in [1.82, 2.24) is 13.9 Å². The summed E-state index contributed by atoms with van der Waals surface area (Å²) in [6.07, 6.45) is 3.28. The zero-order chi connectivity index (χ0) is 15.6. The van der Waals surface area contributed by atoms with E-state index in [4.69, 9.17) is 5.11 Å². The molecule has 0 bridgehead atoms. The first-order valence-corrected chi connectivity index (χ1v) is 7.53. The molecule has 1 aromatic carbocycles. The van der Waals surface area contributed by atoms with Gasteiger partial charge >= 0.3 is 5.97 Å². The van der Waals surface area contributed by atoms with Gasteiger partial charge < -0.3 is 9.67 Å². The lowest BCUT2D eigenvalue weighted by Gasteiger charge is -2.18. The smallest absolute Gasteiger partial charge is 0.337 e. The van der Waals surface area contributed by atoms with E-state index in [2.05, 4.69) is 4.98 Å². The van der Waals surface area contributed by atoms with Gasteiger partial charge in [0, 0.05) is 26.5 Å². The third kappa shape index (κ3) is 2.96. The van der Waals surface area contributed by atoms with Crippen LogP contribution in [0.3, 0.4) is 0 Å². The van der Waals surface area contributed by atoms with Gasteiger partial charge in [-0.2, -0.15) is 4.31 Å². The summed E-state index contributed by atoms with van der Waals surface area (Å²) in [4.78, 5) is 15.0. The van der Waals surface area contributed by atoms with Crippen LogP contribution < -0.4 is 0 Å². The number of hydrogen-bond acceptors (Lipinski definition) is 4. The minimum absolute atomic E-state index is 0.0553. The predicted octanol–water partition coefficient (Wildman–Crippen LogP) is 0.939. The van der Waals surface area contributed by atoms with Crippen LogP contribution in [-0.2, 0) is 23.6 Å². The van der Waals surface area contributed by atoms with Crippen LogP contribution >= 0.6 is 0 Å². The van der Waals surface area contributed by atoms with Crippen LogP contribution in [0.1, 0.15) is 16.2 Å². The van der Waals surface area contributed by atoms with E-state index in [1.54, 1.807) is 24.0 Å². The molecule has 0 aliphatic carbocycles. The van der Waals surface area contributed by atoms with Crippen LogP contribution in [0.15, 0.2) is 41.6 Å². The van der Waals surface area contributed by atoms with Gasteiger partial charge in [0.25, 0.3) is 0 Å². The summed E-state index contributed by atoms with van der Waals surface area (Å²) in [7, 11) is -0.759. The molecular weight excluding hydrogens is 294 g/mol. The third-order valence-electron chi connectivity index (χ3n) is 3.09. The predicted molar refractivity (Wildman–Crippen MR) is 75.3 cm³/mol. The monoisotopic (exact) mass is 309 g/mol. The summed E-state index contributed by atoms with van der Waals surface area (Å²) in [5.74, 6) is -0.714. The molecular formula is C13H15N3O4S. The highest BCUT2D eigenvalue weighted by Crippen LogP contribution is 2.20. The largest absolute Gasteiger partial charge is 0.478 e. The van der Waals surface area contributed by atoms with Gasteiger partial charge in [0.1, 0.15) is 5.82 Å². The molecule has 1 N–H and O–H groups in total. The van der Waals surface area contributed by atoms with E-state index in [0.29, 0.717) is 5.82 Å². The standard InChI is InChI=1S/C13H15N3O4S/c1-15-8-7-14-12(15)9-16(2)21(19,20)11-6-4-3-5-10(11)13(17)18/h3-8H,9H2,1-2H3,(H,17,18). The summed E-state index contributed by atoms with van der Waals surface area (Å²) in [5, 5.41) is 9.11. The number of hydrogen-bond donors (Lipinski definition) is 1. The average Bonchev–Trinajstić information content (AvgIpc) is 2.84.